The Morgan fingerprint density at radius 3 is 2.42 bits per heavy atom. The molecule has 2 aliphatic rings. The Morgan fingerprint density at radius 1 is 0.968 bits per heavy atom. The van der Waals surface area contributed by atoms with Gasteiger partial charge in [-0.1, -0.05) is 41.9 Å². The molecule has 2 fully saturated rings. The Kier molecular flexibility index (Phi) is 6.02. The van der Waals surface area contributed by atoms with E-state index in [2.05, 4.69) is 41.1 Å². The highest BCUT2D eigenvalue weighted by Gasteiger charge is 2.26. The van der Waals surface area contributed by atoms with Crippen LogP contribution in [0.5, 0.6) is 0 Å². The largest absolute Gasteiger partial charge is 0.378 e. The van der Waals surface area contributed by atoms with E-state index in [1.165, 1.54) is 36.8 Å². The molecule has 2 aromatic carbocycles. The molecule has 3 aromatic rings. The van der Waals surface area contributed by atoms with Crippen molar-refractivity contribution >= 4 is 28.4 Å². The number of fused-ring (bicyclic) bond motifs is 1. The van der Waals surface area contributed by atoms with E-state index in [9.17, 15) is 4.79 Å². The van der Waals surface area contributed by atoms with Gasteiger partial charge in [0.05, 0.1) is 18.8 Å². The molecule has 1 saturated heterocycles. The first-order valence-corrected chi connectivity index (χ1v) is 11.8. The van der Waals surface area contributed by atoms with Gasteiger partial charge >= 0.3 is 0 Å². The summed E-state index contributed by atoms with van der Waals surface area (Å²) in [6.45, 7) is 3.58. The summed E-state index contributed by atoms with van der Waals surface area (Å²) in [5.41, 5.74) is 3.40. The number of morpholine rings is 1. The molecule has 162 valence electrons. The van der Waals surface area contributed by atoms with Gasteiger partial charge in [-0.25, -0.2) is 0 Å². The average Bonchev–Trinajstić information content (AvgIpc) is 3.19. The molecule has 0 N–H and O–H groups in total. The smallest absolute Gasteiger partial charge is 0.256 e. The van der Waals surface area contributed by atoms with E-state index in [0.29, 0.717) is 38.1 Å². The third-order valence-corrected chi connectivity index (χ3v) is 7.21. The Hall–Kier alpha value is -2.30. The highest BCUT2D eigenvalue weighted by atomic mass is 35.5. The molecule has 0 unspecified atom stereocenters. The second-order valence-electron chi connectivity index (χ2n) is 8.89. The SMILES string of the molecule is O=C(c1cn(CC2CCC(c3ccc(Cl)cc3)CC2)c2ccccc12)N1CCOCC1. The van der Waals surface area contributed by atoms with Crippen molar-refractivity contribution in [3.05, 3.63) is 70.9 Å². The van der Waals surface area contributed by atoms with Gasteiger partial charge in [-0.3, -0.25) is 4.79 Å². The van der Waals surface area contributed by atoms with Crippen molar-refractivity contribution in [2.75, 3.05) is 26.3 Å². The van der Waals surface area contributed by atoms with Gasteiger partial charge in [-0.15, -0.1) is 0 Å². The molecule has 0 radical (unpaired) electrons. The van der Waals surface area contributed by atoms with Crippen LogP contribution in [0.15, 0.2) is 54.7 Å². The van der Waals surface area contributed by atoms with Gasteiger partial charge in [0.1, 0.15) is 0 Å². The topological polar surface area (TPSA) is 34.5 Å². The van der Waals surface area contributed by atoms with Gasteiger partial charge in [0.2, 0.25) is 0 Å². The summed E-state index contributed by atoms with van der Waals surface area (Å²) in [6.07, 6.45) is 6.95. The summed E-state index contributed by atoms with van der Waals surface area (Å²) < 4.78 is 7.74. The minimum atomic E-state index is 0.129. The molecule has 5 heteroatoms. The Balaban J connectivity index is 1.31. The summed E-state index contributed by atoms with van der Waals surface area (Å²) in [4.78, 5) is 15.1. The fraction of sp³-hybridized carbons (Fsp3) is 0.423. The van der Waals surface area contributed by atoms with Gasteiger partial charge in [0.15, 0.2) is 0 Å². The van der Waals surface area contributed by atoms with Gasteiger partial charge in [0.25, 0.3) is 5.91 Å². The number of nitrogens with zero attached hydrogens (tertiary/aromatic N) is 2. The molecule has 1 amide bonds. The van der Waals surface area contributed by atoms with E-state index < -0.39 is 0 Å². The Bertz CT molecular complexity index is 1040. The zero-order valence-corrected chi connectivity index (χ0v) is 18.6. The van der Waals surface area contributed by atoms with Crippen LogP contribution in [-0.4, -0.2) is 41.7 Å². The molecule has 2 heterocycles. The van der Waals surface area contributed by atoms with Crippen molar-refractivity contribution in [2.45, 2.75) is 38.1 Å². The first kappa shape index (κ1) is 20.6. The molecule has 0 spiro atoms. The van der Waals surface area contributed by atoms with Crippen LogP contribution in [0.3, 0.4) is 0 Å². The monoisotopic (exact) mass is 436 g/mol. The van der Waals surface area contributed by atoms with Crippen molar-refractivity contribution in [1.82, 2.24) is 9.47 Å². The zero-order chi connectivity index (χ0) is 21.2. The molecule has 0 bridgehead atoms. The molecule has 1 aromatic heterocycles. The lowest BCUT2D eigenvalue weighted by atomic mass is 9.78. The molecule has 0 atom stereocenters. The van der Waals surface area contributed by atoms with Crippen molar-refractivity contribution < 1.29 is 9.53 Å². The highest BCUT2D eigenvalue weighted by molar-refractivity contribution is 6.30. The Labute approximate surface area is 188 Å². The maximum Gasteiger partial charge on any atom is 0.256 e. The fourth-order valence-electron chi connectivity index (χ4n) is 5.20. The molecule has 1 aliphatic heterocycles. The highest BCUT2D eigenvalue weighted by Crippen LogP contribution is 2.37. The first-order chi connectivity index (χ1) is 15.2. The standard InChI is InChI=1S/C26H29ClN2O2/c27-22-11-9-21(10-12-22)20-7-5-19(6-8-20)17-29-18-24(23-3-1-2-4-25(23)29)26(30)28-13-15-31-16-14-28/h1-4,9-12,18-20H,5-8,13-17H2. The van der Waals surface area contributed by atoms with Gasteiger partial charge in [-0.05, 0) is 61.3 Å². The van der Waals surface area contributed by atoms with E-state index in [0.717, 1.165) is 22.5 Å². The number of carbonyl (C=O) groups excluding carboxylic acids is 1. The average molecular weight is 437 g/mol. The fourth-order valence-corrected chi connectivity index (χ4v) is 5.32. The lowest BCUT2D eigenvalue weighted by Crippen LogP contribution is -2.40. The number of carbonyl (C=O) groups is 1. The lowest BCUT2D eigenvalue weighted by Gasteiger charge is -2.29. The van der Waals surface area contributed by atoms with Crippen LogP contribution in [-0.2, 0) is 11.3 Å². The number of aromatic nitrogens is 1. The third-order valence-electron chi connectivity index (χ3n) is 6.96. The number of rotatable bonds is 4. The normalized spacial score (nSPS) is 22.0. The zero-order valence-electron chi connectivity index (χ0n) is 17.8. The Morgan fingerprint density at radius 2 is 1.68 bits per heavy atom. The van der Waals surface area contributed by atoms with Gasteiger partial charge in [0, 0.05) is 41.8 Å². The summed E-state index contributed by atoms with van der Waals surface area (Å²) in [5, 5.41) is 1.87. The number of hydrogen-bond donors (Lipinski definition) is 0. The maximum atomic E-state index is 13.2. The number of para-hydroxylation sites is 1. The van der Waals surface area contributed by atoms with Crippen LogP contribution in [0, 0.1) is 5.92 Å². The van der Waals surface area contributed by atoms with E-state index in [4.69, 9.17) is 16.3 Å². The van der Waals surface area contributed by atoms with E-state index >= 15 is 0 Å². The van der Waals surface area contributed by atoms with Crippen molar-refractivity contribution in [1.29, 1.82) is 0 Å². The van der Waals surface area contributed by atoms with Crippen LogP contribution in [0.4, 0.5) is 0 Å². The van der Waals surface area contributed by atoms with E-state index in [1.54, 1.807) is 0 Å². The number of hydrogen-bond acceptors (Lipinski definition) is 2. The second kappa shape index (κ2) is 9.05. The van der Waals surface area contributed by atoms with Crippen LogP contribution >= 0.6 is 11.6 Å². The molecule has 1 aliphatic carbocycles. The van der Waals surface area contributed by atoms with Crippen LogP contribution in [0.25, 0.3) is 10.9 Å². The molecule has 5 rings (SSSR count). The molecule has 4 nitrogen and oxygen atoms in total. The summed E-state index contributed by atoms with van der Waals surface area (Å²) >= 11 is 6.05. The van der Waals surface area contributed by atoms with Crippen molar-refractivity contribution in [3.8, 4) is 0 Å². The van der Waals surface area contributed by atoms with Gasteiger partial charge < -0.3 is 14.2 Å². The molecule has 1 saturated carbocycles. The summed E-state index contributed by atoms with van der Waals surface area (Å²) in [5.74, 6) is 1.41. The third kappa shape index (κ3) is 4.37. The second-order valence-corrected chi connectivity index (χ2v) is 9.32. The summed E-state index contributed by atoms with van der Waals surface area (Å²) in [6, 6.07) is 16.7. The predicted molar refractivity (Wildman–Crippen MR) is 125 cm³/mol. The van der Waals surface area contributed by atoms with Crippen molar-refractivity contribution in [3.63, 3.8) is 0 Å². The number of amides is 1. The lowest BCUT2D eigenvalue weighted by molar-refractivity contribution is 0.0304. The summed E-state index contributed by atoms with van der Waals surface area (Å²) in [7, 11) is 0. The van der Waals surface area contributed by atoms with E-state index in [-0.39, 0.29) is 5.91 Å². The maximum absolute atomic E-state index is 13.2. The quantitative estimate of drug-likeness (QED) is 0.522. The van der Waals surface area contributed by atoms with Crippen molar-refractivity contribution in [2.24, 2.45) is 5.92 Å². The number of halogens is 1. The molecule has 31 heavy (non-hydrogen) atoms. The predicted octanol–water partition coefficient (Wildman–Crippen LogP) is 5.74. The van der Waals surface area contributed by atoms with Crippen LogP contribution < -0.4 is 0 Å². The van der Waals surface area contributed by atoms with Crippen LogP contribution in [0.2, 0.25) is 5.02 Å². The molecular formula is C26H29ClN2O2. The minimum Gasteiger partial charge on any atom is -0.378 e. The first-order valence-electron chi connectivity index (χ1n) is 11.4. The van der Waals surface area contributed by atoms with E-state index in [1.807, 2.05) is 23.1 Å². The number of benzene rings is 2. The van der Waals surface area contributed by atoms with Crippen LogP contribution in [0.1, 0.15) is 47.5 Å². The molecular weight excluding hydrogens is 408 g/mol. The van der Waals surface area contributed by atoms with Gasteiger partial charge in [-0.2, -0.15) is 0 Å². The number of ether oxygens (including phenoxy) is 1. The minimum absolute atomic E-state index is 0.129.